The van der Waals surface area contributed by atoms with Crippen LogP contribution in [0.5, 0.6) is 0 Å². The van der Waals surface area contributed by atoms with E-state index in [0.717, 1.165) is 19.3 Å². The van der Waals surface area contributed by atoms with Gasteiger partial charge in [0.15, 0.2) is 11.9 Å². The first-order valence-corrected chi connectivity index (χ1v) is 9.39. The summed E-state index contributed by atoms with van der Waals surface area (Å²) in [6.07, 6.45) is 6.59. The van der Waals surface area contributed by atoms with Crippen LogP contribution in [0.25, 0.3) is 0 Å². The molecule has 2 rings (SSSR count). The van der Waals surface area contributed by atoms with E-state index in [1.807, 2.05) is 0 Å². The van der Waals surface area contributed by atoms with E-state index in [-0.39, 0.29) is 24.5 Å². The molecule has 1 atom stereocenters. The maximum atomic E-state index is 12.9. The maximum absolute atomic E-state index is 12.9. The minimum absolute atomic E-state index is 0.0487. The van der Waals surface area contributed by atoms with E-state index >= 15 is 0 Å². The molecule has 27 heavy (non-hydrogen) atoms. The van der Waals surface area contributed by atoms with Crippen molar-refractivity contribution in [2.75, 3.05) is 6.54 Å². The highest BCUT2D eigenvalue weighted by atomic mass is 19.1. The summed E-state index contributed by atoms with van der Waals surface area (Å²) in [6.45, 7) is 2.03. The van der Waals surface area contributed by atoms with Crippen LogP contribution in [0.1, 0.15) is 62.2 Å². The van der Waals surface area contributed by atoms with Crippen molar-refractivity contribution < 1.29 is 23.5 Å². The molecule has 0 saturated carbocycles. The van der Waals surface area contributed by atoms with Crippen LogP contribution >= 0.6 is 0 Å². The molecule has 1 aromatic carbocycles. The summed E-state index contributed by atoms with van der Waals surface area (Å²) >= 11 is 0. The molecule has 0 aromatic heterocycles. The van der Waals surface area contributed by atoms with Crippen molar-refractivity contribution in [3.63, 3.8) is 0 Å². The molecule has 0 unspecified atom stereocenters. The molecule has 146 valence electrons. The molecular weight excluding hydrogens is 349 g/mol. The molecule has 0 spiro atoms. The molecule has 1 N–H and O–H groups in total. The van der Waals surface area contributed by atoms with E-state index in [2.05, 4.69) is 11.4 Å². The topological polar surface area (TPSA) is 72.5 Å². The molecule has 1 aliphatic carbocycles. The van der Waals surface area contributed by atoms with Crippen molar-refractivity contribution in [3.8, 4) is 0 Å². The van der Waals surface area contributed by atoms with Gasteiger partial charge in [0, 0.05) is 18.5 Å². The second kappa shape index (κ2) is 10.6. The lowest BCUT2D eigenvalue weighted by molar-refractivity contribution is -0.154. The lowest BCUT2D eigenvalue weighted by Gasteiger charge is -2.15. The van der Waals surface area contributed by atoms with Crippen molar-refractivity contribution in [2.24, 2.45) is 0 Å². The monoisotopic (exact) mass is 375 g/mol. The number of hydrogen-bond acceptors (Lipinski definition) is 4. The third kappa shape index (κ3) is 7.33. The number of carbonyl (C=O) groups is 3. The molecule has 0 radical (unpaired) electrons. The Morgan fingerprint density at radius 2 is 1.89 bits per heavy atom. The highest BCUT2D eigenvalue weighted by Gasteiger charge is 2.18. The zero-order valence-electron chi connectivity index (χ0n) is 15.6. The molecule has 6 heteroatoms. The van der Waals surface area contributed by atoms with Crippen LogP contribution in [0.15, 0.2) is 35.9 Å². The van der Waals surface area contributed by atoms with Gasteiger partial charge in [0.05, 0.1) is 6.42 Å². The Hall–Kier alpha value is -2.50. The van der Waals surface area contributed by atoms with Crippen molar-refractivity contribution in [2.45, 2.75) is 58.0 Å². The fourth-order valence-electron chi connectivity index (χ4n) is 2.93. The number of esters is 1. The molecule has 1 aliphatic rings. The second-order valence-corrected chi connectivity index (χ2v) is 6.71. The summed E-state index contributed by atoms with van der Waals surface area (Å²) in [5.74, 6) is -1.65. The Bertz CT molecular complexity index is 697. The lowest BCUT2D eigenvalue weighted by Crippen LogP contribution is -2.36. The minimum Gasteiger partial charge on any atom is -0.453 e. The van der Waals surface area contributed by atoms with E-state index in [1.165, 1.54) is 49.6 Å². The summed E-state index contributed by atoms with van der Waals surface area (Å²) in [4.78, 5) is 35.8. The summed E-state index contributed by atoms with van der Waals surface area (Å²) < 4.78 is 17.9. The third-order valence-corrected chi connectivity index (χ3v) is 4.53. The average molecular weight is 375 g/mol. The Labute approximate surface area is 159 Å². The van der Waals surface area contributed by atoms with Crippen molar-refractivity contribution in [1.29, 1.82) is 0 Å². The van der Waals surface area contributed by atoms with Crippen LogP contribution < -0.4 is 5.32 Å². The summed E-state index contributed by atoms with van der Waals surface area (Å²) in [5, 5.41) is 2.77. The van der Waals surface area contributed by atoms with Gasteiger partial charge in [0.2, 0.25) is 0 Å². The number of amides is 1. The number of halogens is 1. The number of ketones is 1. The van der Waals surface area contributed by atoms with Gasteiger partial charge in [-0.05, 0) is 63.3 Å². The number of allylic oxidation sites excluding steroid dienone is 1. The number of ether oxygens (including phenoxy) is 1. The van der Waals surface area contributed by atoms with E-state index < -0.39 is 17.9 Å². The molecule has 0 fully saturated rings. The predicted octanol–water partition coefficient (Wildman–Crippen LogP) is 3.73. The molecule has 0 heterocycles. The first-order chi connectivity index (χ1) is 13.0. The van der Waals surface area contributed by atoms with Crippen LogP contribution in [0, 0.1) is 5.82 Å². The SMILES string of the molecule is C[C@H](OC(=O)CCC(=O)c1ccc(F)cc1)C(=O)NCCC1=CCCCC1. The Kier molecular flexibility index (Phi) is 8.17. The number of Topliss-reactive ketones (excluding diaryl/α,β-unsaturated/α-hetero) is 1. The molecule has 0 bridgehead atoms. The van der Waals surface area contributed by atoms with Gasteiger partial charge in [-0.3, -0.25) is 14.4 Å². The molecular formula is C21H26FNO4. The van der Waals surface area contributed by atoms with Gasteiger partial charge >= 0.3 is 5.97 Å². The Morgan fingerprint density at radius 3 is 2.56 bits per heavy atom. The number of carbonyl (C=O) groups excluding carboxylic acids is 3. The predicted molar refractivity (Wildman–Crippen MR) is 99.7 cm³/mol. The fourth-order valence-corrected chi connectivity index (χ4v) is 2.93. The van der Waals surface area contributed by atoms with Gasteiger partial charge in [-0.2, -0.15) is 0 Å². The van der Waals surface area contributed by atoms with E-state index in [0.29, 0.717) is 12.1 Å². The number of hydrogen-bond donors (Lipinski definition) is 1. The maximum Gasteiger partial charge on any atom is 0.307 e. The molecule has 1 aromatic rings. The van der Waals surface area contributed by atoms with Crippen LogP contribution in [0.3, 0.4) is 0 Å². The molecule has 0 saturated heterocycles. The zero-order chi connectivity index (χ0) is 19.6. The van der Waals surface area contributed by atoms with Crippen LogP contribution in [0.4, 0.5) is 4.39 Å². The first-order valence-electron chi connectivity index (χ1n) is 9.39. The highest BCUT2D eigenvalue weighted by Crippen LogP contribution is 2.19. The van der Waals surface area contributed by atoms with Gasteiger partial charge in [-0.1, -0.05) is 11.6 Å². The molecule has 5 nitrogen and oxygen atoms in total. The largest absolute Gasteiger partial charge is 0.453 e. The second-order valence-electron chi connectivity index (χ2n) is 6.71. The minimum atomic E-state index is -0.904. The van der Waals surface area contributed by atoms with Crippen LogP contribution in [0.2, 0.25) is 0 Å². The van der Waals surface area contributed by atoms with E-state index in [9.17, 15) is 18.8 Å². The summed E-state index contributed by atoms with van der Waals surface area (Å²) in [5.41, 5.74) is 1.71. The lowest BCUT2D eigenvalue weighted by atomic mass is 9.97. The fraction of sp³-hybridized carbons (Fsp3) is 0.476. The number of nitrogens with one attached hydrogen (secondary N) is 1. The summed E-state index contributed by atoms with van der Waals surface area (Å²) in [7, 11) is 0. The zero-order valence-corrected chi connectivity index (χ0v) is 15.6. The van der Waals surface area contributed by atoms with Gasteiger partial charge in [-0.25, -0.2) is 4.39 Å². The van der Waals surface area contributed by atoms with Crippen molar-refractivity contribution >= 4 is 17.7 Å². The number of rotatable bonds is 9. The quantitative estimate of drug-likeness (QED) is 0.406. The van der Waals surface area contributed by atoms with Gasteiger partial charge < -0.3 is 10.1 Å². The highest BCUT2D eigenvalue weighted by molar-refractivity contribution is 5.97. The van der Waals surface area contributed by atoms with Gasteiger partial charge in [-0.15, -0.1) is 0 Å². The third-order valence-electron chi connectivity index (χ3n) is 4.53. The van der Waals surface area contributed by atoms with Crippen LogP contribution in [-0.4, -0.2) is 30.3 Å². The van der Waals surface area contributed by atoms with Gasteiger partial charge in [0.25, 0.3) is 5.91 Å². The van der Waals surface area contributed by atoms with Crippen molar-refractivity contribution in [1.82, 2.24) is 5.32 Å². The van der Waals surface area contributed by atoms with E-state index in [1.54, 1.807) is 0 Å². The first kappa shape index (κ1) is 20.8. The standard InChI is InChI=1S/C21H26FNO4/c1-15(21(26)23-14-13-16-5-3-2-4-6-16)27-20(25)12-11-19(24)17-7-9-18(22)10-8-17/h5,7-10,15H,2-4,6,11-14H2,1H3,(H,23,26)/t15-/m0/s1. The summed E-state index contributed by atoms with van der Waals surface area (Å²) in [6, 6.07) is 5.14. The van der Waals surface area contributed by atoms with Gasteiger partial charge in [0.1, 0.15) is 5.82 Å². The van der Waals surface area contributed by atoms with E-state index in [4.69, 9.17) is 4.74 Å². The normalized spacial score (nSPS) is 14.8. The molecule has 0 aliphatic heterocycles. The molecule has 1 amide bonds. The Morgan fingerprint density at radius 1 is 1.15 bits per heavy atom. The van der Waals surface area contributed by atoms with Crippen LogP contribution in [-0.2, 0) is 14.3 Å². The average Bonchev–Trinajstić information content (AvgIpc) is 2.67. The van der Waals surface area contributed by atoms with Crippen molar-refractivity contribution in [3.05, 3.63) is 47.3 Å². The Balaban J connectivity index is 1.66. The smallest absolute Gasteiger partial charge is 0.307 e. The number of benzene rings is 1.